The molecule has 0 unspecified atom stereocenters. The fraction of sp³-hybridized carbons (Fsp3) is 0.474. The Labute approximate surface area is 147 Å². The van der Waals surface area contributed by atoms with E-state index < -0.39 is 0 Å². The number of nitrogens with zero attached hydrogens (tertiary/aromatic N) is 2. The van der Waals surface area contributed by atoms with E-state index in [2.05, 4.69) is 15.4 Å². The minimum Gasteiger partial charge on any atom is -0.376 e. The van der Waals surface area contributed by atoms with E-state index in [1.165, 1.54) is 0 Å². The molecule has 0 radical (unpaired) electrons. The Kier molecular flexibility index (Phi) is 4.55. The highest BCUT2D eigenvalue weighted by molar-refractivity contribution is 5.94. The van der Waals surface area contributed by atoms with Crippen LogP contribution in [0.3, 0.4) is 0 Å². The first-order valence-electron chi connectivity index (χ1n) is 8.78. The predicted molar refractivity (Wildman–Crippen MR) is 92.0 cm³/mol. The zero-order valence-corrected chi connectivity index (χ0v) is 14.4. The van der Waals surface area contributed by atoms with Crippen molar-refractivity contribution in [3.63, 3.8) is 0 Å². The van der Waals surface area contributed by atoms with Gasteiger partial charge in [-0.05, 0) is 19.1 Å². The molecule has 1 amide bonds. The molecule has 132 valence electrons. The van der Waals surface area contributed by atoms with Gasteiger partial charge >= 0.3 is 0 Å². The summed E-state index contributed by atoms with van der Waals surface area (Å²) in [5.74, 6) is 1.65. The van der Waals surface area contributed by atoms with E-state index in [9.17, 15) is 4.79 Å². The minimum absolute atomic E-state index is 0.0167. The number of rotatable bonds is 5. The van der Waals surface area contributed by atoms with Crippen molar-refractivity contribution in [1.29, 1.82) is 0 Å². The molecule has 2 fully saturated rings. The standard InChI is InChI=1S/C19H23N3O3/c1-13-7-16(21-25-13)9-22-10-17-15(12-24-18(17)11-22)8-20-19(23)14-5-3-2-4-6-14/h2-7,15,17-18H,8-12H2,1H3,(H,20,23)/t15-,17+,18+/m0/s1. The van der Waals surface area contributed by atoms with Crippen molar-refractivity contribution >= 4 is 5.91 Å². The molecule has 6 heteroatoms. The van der Waals surface area contributed by atoms with Crippen LogP contribution in [0.5, 0.6) is 0 Å². The highest BCUT2D eigenvalue weighted by Crippen LogP contribution is 2.34. The van der Waals surface area contributed by atoms with E-state index in [0.29, 0.717) is 23.9 Å². The Bertz CT molecular complexity index is 731. The number of carbonyl (C=O) groups is 1. The van der Waals surface area contributed by atoms with Crippen LogP contribution >= 0.6 is 0 Å². The van der Waals surface area contributed by atoms with Gasteiger partial charge in [-0.25, -0.2) is 0 Å². The van der Waals surface area contributed by atoms with E-state index >= 15 is 0 Å². The molecule has 4 rings (SSSR count). The quantitative estimate of drug-likeness (QED) is 0.899. The smallest absolute Gasteiger partial charge is 0.251 e. The Morgan fingerprint density at radius 2 is 2.16 bits per heavy atom. The van der Waals surface area contributed by atoms with E-state index in [1.807, 2.05) is 43.3 Å². The van der Waals surface area contributed by atoms with Gasteiger partial charge in [0.2, 0.25) is 0 Å². The Hall–Kier alpha value is -2.18. The lowest BCUT2D eigenvalue weighted by Crippen LogP contribution is -2.34. The summed E-state index contributed by atoms with van der Waals surface area (Å²) in [5.41, 5.74) is 1.67. The number of likely N-dealkylation sites (tertiary alicyclic amines) is 1. The molecule has 2 aliphatic heterocycles. The number of hydrogen-bond acceptors (Lipinski definition) is 5. The normalized spacial score (nSPS) is 25.9. The van der Waals surface area contributed by atoms with Gasteiger partial charge in [-0.1, -0.05) is 23.4 Å². The van der Waals surface area contributed by atoms with Crippen LogP contribution in [-0.4, -0.2) is 48.3 Å². The molecule has 3 heterocycles. The lowest BCUT2D eigenvalue weighted by Gasteiger charge is -2.19. The second-order valence-electron chi connectivity index (χ2n) is 6.99. The van der Waals surface area contributed by atoms with Gasteiger partial charge in [-0.2, -0.15) is 0 Å². The van der Waals surface area contributed by atoms with E-state index in [1.54, 1.807) is 0 Å². The number of aryl methyl sites for hydroxylation is 1. The zero-order chi connectivity index (χ0) is 17.2. The van der Waals surface area contributed by atoms with Gasteiger partial charge in [0.25, 0.3) is 5.91 Å². The van der Waals surface area contributed by atoms with Crippen LogP contribution < -0.4 is 5.32 Å². The summed E-state index contributed by atoms with van der Waals surface area (Å²) >= 11 is 0. The highest BCUT2D eigenvalue weighted by Gasteiger charge is 2.43. The monoisotopic (exact) mass is 341 g/mol. The second-order valence-corrected chi connectivity index (χ2v) is 6.99. The van der Waals surface area contributed by atoms with Crippen LogP contribution in [0, 0.1) is 18.8 Å². The molecule has 0 bridgehead atoms. The van der Waals surface area contributed by atoms with Crippen molar-refractivity contribution in [2.24, 2.45) is 11.8 Å². The predicted octanol–water partition coefficient (Wildman–Crippen LogP) is 1.86. The number of nitrogens with one attached hydrogen (secondary N) is 1. The molecule has 1 aromatic heterocycles. The fourth-order valence-corrected chi connectivity index (χ4v) is 3.86. The number of ether oxygens (including phenoxy) is 1. The molecule has 6 nitrogen and oxygen atoms in total. The summed E-state index contributed by atoms with van der Waals surface area (Å²) < 4.78 is 11.1. The first kappa shape index (κ1) is 16.3. The van der Waals surface area contributed by atoms with Crippen molar-refractivity contribution in [3.8, 4) is 0 Å². The maximum absolute atomic E-state index is 12.2. The number of hydrogen-bond donors (Lipinski definition) is 1. The fourth-order valence-electron chi connectivity index (χ4n) is 3.86. The van der Waals surface area contributed by atoms with Crippen LogP contribution in [0.2, 0.25) is 0 Å². The minimum atomic E-state index is -0.0167. The highest BCUT2D eigenvalue weighted by atomic mass is 16.5. The van der Waals surface area contributed by atoms with E-state index in [0.717, 1.165) is 37.7 Å². The number of amides is 1. The largest absolute Gasteiger partial charge is 0.376 e. The van der Waals surface area contributed by atoms with E-state index in [-0.39, 0.29) is 12.0 Å². The number of fused-ring (bicyclic) bond motifs is 1. The van der Waals surface area contributed by atoms with E-state index in [4.69, 9.17) is 9.26 Å². The molecule has 0 saturated carbocycles. The Balaban J connectivity index is 1.30. The lowest BCUT2D eigenvalue weighted by atomic mass is 9.93. The molecule has 25 heavy (non-hydrogen) atoms. The first-order chi connectivity index (χ1) is 12.2. The third-order valence-corrected chi connectivity index (χ3v) is 5.14. The summed E-state index contributed by atoms with van der Waals surface area (Å²) in [5, 5.41) is 7.13. The molecule has 1 N–H and O–H groups in total. The van der Waals surface area contributed by atoms with Gasteiger partial charge in [0.15, 0.2) is 0 Å². The lowest BCUT2D eigenvalue weighted by molar-refractivity contribution is 0.0901. The third kappa shape index (κ3) is 3.60. The van der Waals surface area contributed by atoms with Crippen LogP contribution in [0.25, 0.3) is 0 Å². The van der Waals surface area contributed by atoms with Crippen LogP contribution in [0.4, 0.5) is 0 Å². The van der Waals surface area contributed by atoms with Gasteiger partial charge in [-0.3, -0.25) is 9.69 Å². The molecule has 1 aromatic carbocycles. The number of carbonyl (C=O) groups excluding carboxylic acids is 1. The van der Waals surface area contributed by atoms with Crippen molar-refractivity contribution in [2.75, 3.05) is 26.2 Å². The van der Waals surface area contributed by atoms with Gasteiger partial charge < -0.3 is 14.6 Å². The molecule has 0 aliphatic carbocycles. The second kappa shape index (κ2) is 6.98. The van der Waals surface area contributed by atoms with Crippen molar-refractivity contribution in [2.45, 2.75) is 19.6 Å². The summed E-state index contributed by atoms with van der Waals surface area (Å²) in [6, 6.07) is 11.3. The first-order valence-corrected chi connectivity index (χ1v) is 8.78. The molecule has 0 spiro atoms. The number of aromatic nitrogens is 1. The van der Waals surface area contributed by atoms with Crippen molar-refractivity contribution in [3.05, 3.63) is 53.4 Å². The maximum Gasteiger partial charge on any atom is 0.251 e. The number of benzene rings is 1. The van der Waals surface area contributed by atoms with Crippen molar-refractivity contribution < 1.29 is 14.1 Å². The maximum atomic E-state index is 12.2. The molecule has 2 aliphatic rings. The molecular formula is C19H23N3O3. The Morgan fingerprint density at radius 1 is 1.32 bits per heavy atom. The van der Waals surface area contributed by atoms with Gasteiger partial charge in [0.1, 0.15) is 5.76 Å². The van der Waals surface area contributed by atoms with Crippen molar-refractivity contribution in [1.82, 2.24) is 15.4 Å². The van der Waals surface area contributed by atoms with Gasteiger partial charge in [-0.15, -0.1) is 0 Å². The summed E-state index contributed by atoms with van der Waals surface area (Å²) in [4.78, 5) is 14.6. The summed E-state index contributed by atoms with van der Waals surface area (Å²) in [6.45, 7) is 5.97. The molecular weight excluding hydrogens is 318 g/mol. The summed E-state index contributed by atoms with van der Waals surface area (Å²) in [7, 11) is 0. The molecule has 2 saturated heterocycles. The average Bonchev–Trinajstić information content (AvgIpc) is 3.30. The molecule has 2 aromatic rings. The molecule has 3 atom stereocenters. The summed E-state index contributed by atoms with van der Waals surface area (Å²) in [6.07, 6.45) is 0.256. The Morgan fingerprint density at radius 3 is 2.92 bits per heavy atom. The average molecular weight is 341 g/mol. The van der Waals surface area contributed by atoms with Gasteiger partial charge in [0, 0.05) is 49.6 Å². The van der Waals surface area contributed by atoms with Crippen LogP contribution in [-0.2, 0) is 11.3 Å². The topological polar surface area (TPSA) is 67.6 Å². The third-order valence-electron chi connectivity index (χ3n) is 5.14. The van der Waals surface area contributed by atoms with Gasteiger partial charge in [0.05, 0.1) is 18.4 Å². The SMILES string of the molecule is Cc1cc(CN2C[C@@H]3[C@@H](CNC(=O)c4ccccc4)CO[C@@H]3C2)no1. The van der Waals surface area contributed by atoms with Crippen LogP contribution in [0.1, 0.15) is 21.8 Å². The van der Waals surface area contributed by atoms with Crippen LogP contribution in [0.15, 0.2) is 40.9 Å². The zero-order valence-electron chi connectivity index (χ0n) is 14.4.